The number of unbranched alkanes of at least 4 members (excludes halogenated alkanes) is 1. The van der Waals surface area contributed by atoms with Crippen LogP contribution in [0.3, 0.4) is 0 Å². The topological polar surface area (TPSA) is 69.9 Å². The van der Waals surface area contributed by atoms with Gasteiger partial charge in [-0.2, -0.15) is 0 Å². The number of amides is 1. The van der Waals surface area contributed by atoms with Gasteiger partial charge in [0.15, 0.2) is 0 Å². The molecule has 0 unspecified atom stereocenters. The predicted octanol–water partition coefficient (Wildman–Crippen LogP) is 3.79. The molecular formula is C22H28N4O3. The summed E-state index contributed by atoms with van der Waals surface area (Å²) in [5.74, 6) is 0.0338. The summed E-state index contributed by atoms with van der Waals surface area (Å²) in [6.45, 7) is 5.69. The molecule has 0 spiro atoms. The van der Waals surface area contributed by atoms with E-state index >= 15 is 0 Å². The second-order valence-electron chi connectivity index (χ2n) is 7.38. The van der Waals surface area contributed by atoms with Crippen LogP contribution in [0.1, 0.15) is 30.1 Å². The number of hydrogen-bond donors (Lipinski definition) is 0. The van der Waals surface area contributed by atoms with E-state index in [0.717, 1.165) is 30.8 Å². The van der Waals surface area contributed by atoms with Crippen LogP contribution in [0.25, 0.3) is 0 Å². The smallest absolute Gasteiger partial charge is 0.271 e. The monoisotopic (exact) mass is 396 g/mol. The maximum absolute atomic E-state index is 12.8. The molecule has 2 aromatic carbocycles. The van der Waals surface area contributed by atoms with E-state index < -0.39 is 0 Å². The van der Waals surface area contributed by atoms with Crippen LogP contribution in [0.4, 0.5) is 17.1 Å². The van der Waals surface area contributed by atoms with Gasteiger partial charge in [-0.15, -0.1) is 0 Å². The Morgan fingerprint density at radius 2 is 1.79 bits per heavy atom. The zero-order chi connectivity index (χ0) is 20.8. The van der Waals surface area contributed by atoms with Crippen LogP contribution in [0, 0.1) is 10.1 Å². The number of nitro groups is 1. The lowest BCUT2D eigenvalue weighted by Gasteiger charge is -2.36. The number of hydrogen-bond acceptors (Lipinski definition) is 5. The lowest BCUT2D eigenvalue weighted by molar-refractivity contribution is -0.384. The molecule has 0 N–H and O–H groups in total. The van der Waals surface area contributed by atoms with Crippen molar-refractivity contribution in [2.24, 2.45) is 0 Å². The van der Waals surface area contributed by atoms with Gasteiger partial charge in [0.1, 0.15) is 0 Å². The Labute approximate surface area is 171 Å². The molecule has 1 aliphatic rings. The van der Waals surface area contributed by atoms with Gasteiger partial charge >= 0.3 is 0 Å². The van der Waals surface area contributed by atoms with Crippen molar-refractivity contribution < 1.29 is 9.72 Å². The number of anilines is 2. The highest BCUT2D eigenvalue weighted by molar-refractivity contribution is 5.94. The average Bonchev–Trinajstić information content (AvgIpc) is 2.77. The Balaban J connectivity index is 1.58. The number of benzene rings is 2. The Kier molecular flexibility index (Phi) is 6.69. The van der Waals surface area contributed by atoms with Crippen molar-refractivity contribution in [3.8, 4) is 0 Å². The first kappa shape index (κ1) is 20.6. The normalized spacial score (nSPS) is 14.0. The first-order valence-corrected chi connectivity index (χ1v) is 10.1. The number of nitrogens with zero attached hydrogens (tertiary/aromatic N) is 4. The summed E-state index contributed by atoms with van der Waals surface area (Å²) in [6.07, 6.45) is 2.30. The Morgan fingerprint density at radius 3 is 2.41 bits per heavy atom. The summed E-state index contributed by atoms with van der Waals surface area (Å²) in [5.41, 5.74) is 2.72. The van der Waals surface area contributed by atoms with Crippen molar-refractivity contribution in [1.82, 2.24) is 4.90 Å². The van der Waals surface area contributed by atoms with Crippen LogP contribution < -0.4 is 9.80 Å². The van der Waals surface area contributed by atoms with Crippen LogP contribution in [0.2, 0.25) is 0 Å². The maximum Gasteiger partial charge on any atom is 0.271 e. The van der Waals surface area contributed by atoms with Gasteiger partial charge in [0.2, 0.25) is 0 Å². The summed E-state index contributed by atoms with van der Waals surface area (Å²) < 4.78 is 0. The lowest BCUT2D eigenvalue weighted by atomic mass is 10.1. The molecule has 3 rings (SSSR count). The minimum absolute atomic E-state index is 0.0338. The minimum atomic E-state index is -0.382. The Hall–Kier alpha value is -3.09. The predicted molar refractivity (Wildman–Crippen MR) is 116 cm³/mol. The molecule has 1 fully saturated rings. The highest BCUT2D eigenvalue weighted by atomic mass is 16.6. The molecule has 0 bridgehead atoms. The highest BCUT2D eigenvalue weighted by Gasteiger charge is 2.23. The third-order valence-electron chi connectivity index (χ3n) is 5.37. The zero-order valence-electron chi connectivity index (χ0n) is 17.1. The zero-order valence-corrected chi connectivity index (χ0v) is 17.1. The number of piperazine rings is 1. The van der Waals surface area contributed by atoms with Crippen molar-refractivity contribution in [2.75, 3.05) is 49.6 Å². The van der Waals surface area contributed by atoms with E-state index in [9.17, 15) is 14.9 Å². The third-order valence-corrected chi connectivity index (χ3v) is 5.37. The van der Waals surface area contributed by atoms with Crippen LogP contribution in [-0.4, -0.2) is 55.5 Å². The summed E-state index contributed by atoms with van der Waals surface area (Å²) in [7, 11) is 2.07. The number of rotatable bonds is 7. The van der Waals surface area contributed by atoms with Crippen LogP contribution in [0.5, 0.6) is 0 Å². The van der Waals surface area contributed by atoms with Gasteiger partial charge in [-0.25, -0.2) is 0 Å². The molecule has 154 valence electrons. The van der Waals surface area contributed by atoms with Crippen molar-refractivity contribution in [1.29, 1.82) is 0 Å². The van der Waals surface area contributed by atoms with Gasteiger partial charge in [-0.05, 0) is 36.8 Å². The van der Waals surface area contributed by atoms with Gasteiger partial charge in [0.05, 0.1) is 4.92 Å². The van der Waals surface area contributed by atoms with Gasteiger partial charge in [-0.1, -0.05) is 19.4 Å². The maximum atomic E-state index is 12.8. The third kappa shape index (κ3) is 5.04. The number of carbonyl (C=O) groups excluding carboxylic acids is 1. The summed E-state index contributed by atoms with van der Waals surface area (Å²) >= 11 is 0. The molecular weight excluding hydrogens is 368 g/mol. The van der Waals surface area contributed by atoms with Gasteiger partial charge in [0, 0.05) is 68.8 Å². The highest BCUT2D eigenvalue weighted by Crippen LogP contribution is 2.23. The van der Waals surface area contributed by atoms with Crippen molar-refractivity contribution in [3.05, 3.63) is 64.2 Å². The summed E-state index contributed by atoms with van der Waals surface area (Å²) in [5, 5.41) is 11.0. The first-order chi connectivity index (χ1) is 14.0. The molecule has 7 nitrogen and oxygen atoms in total. The van der Waals surface area contributed by atoms with E-state index in [1.54, 1.807) is 12.1 Å². The van der Waals surface area contributed by atoms with E-state index in [1.807, 2.05) is 35.2 Å². The fourth-order valence-electron chi connectivity index (χ4n) is 3.54. The van der Waals surface area contributed by atoms with Crippen LogP contribution in [-0.2, 0) is 0 Å². The van der Waals surface area contributed by atoms with Gasteiger partial charge < -0.3 is 14.7 Å². The minimum Gasteiger partial charge on any atom is -0.375 e. The number of non-ortho nitro benzene ring substituents is 1. The number of carbonyl (C=O) groups is 1. The molecule has 0 atom stereocenters. The molecule has 1 amide bonds. The van der Waals surface area contributed by atoms with Crippen LogP contribution in [0.15, 0.2) is 48.5 Å². The van der Waals surface area contributed by atoms with E-state index in [1.165, 1.54) is 6.07 Å². The van der Waals surface area contributed by atoms with Crippen molar-refractivity contribution in [3.63, 3.8) is 0 Å². The van der Waals surface area contributed by atoms with Crippen LogP contribution >= 0.6 is 0 Å². The largest absolute Gasteiger partial charge is 0.375 e. The second-order valence-corrected chi connectivity index (χ2v) is 7.38. The molecule has 0 aliphatic carbocycles. The molecule has 7 heteroatoms. The summed E-state index contributed by atoms with van der Waals surface area (Å²) in [6, 6.07) is 14.4. The lowest BCUT2D eigenvalue weighted by Crippen LogP contribution is -2.48. The molecule has 29 heavy (non-hydrogen) atoms. The molecule has 1 heterocycles. The number of nitro benzene ring substituents is 1. The van der Waals surface area contributed by atoms with E-state index in [2.05, 4.69) is 23.8 Å². The Morgan fingerprint density at radius 1 is 1.10 bits per heavy atom. The average molecular weight is 396 g/mol. The summed E-state index contributed by atoms with van der Waals surface area (Å²) in [4.78, 5) is 29.6. The SMILES string of the molecule is CCCCN(C)c1ccc(C(=O)N2CCN(c3cccc([N+](=O)[O-])c3)CC2)cc1. The first-order valence-electron chi connectivity index (χ1n) is 10.1. The van der Waals surface area contributed by atoms with Crippen molar-refractivity contribution >= 4 is 23.0 Å². The standard InChI is InChI=1S/C22H28N4O3/c1-3-4-12-23(2)19-10-8-18(9-11-19)22(27)25-15-13-24(14-16-25)20-6-5-7-21(17-20)26(28)29/h5-11,17H,3-4,12-16H2,1-2H3. The fourth-order valence-corrected chi connectivity index (χ4v) is 3.54. The molecule has 0 saturated carbocycles. The molecule has 0 aromatic heterocycles. The van der Waals surface area contributed by atoms with E-state index in [0.29, 0.717) is 31.7 Å². The second kappa shape index (κ2) is 9.41. The molecule has 0 radical (unpaired) electrons. The molecule has 1 aliphatic heterocycles. The van der Waals surface area contributed by atoms with Gasteiger partial charge in [0.25, 0.3) is 11.6 Å². The van der Waals surface area contributed by atoms with Crippen molar-refractivity contribution in [2.45, 2.75) is 19.8 Å². The van der Waals surface area contributed by atoms with Gasteiger partial charge in [-0.3, -0.25) is 14.9 Å². The van der Waals surface area contributed by atoms with E-state index in [-0.39, 0.29) is 16.5 Å². The Bertz CT molecular complexity index is 845. The quantitative estimate of drug-likeness (QED) is 0.526. The molecule has 1 saturated heterocycles. The van der Waals surface area contributed by atoms with E-state index in [4.69, 9.17) is 0 Å². The fraction of sp³-hybridized carbons (Fsp3) is 0.409. The molecule has 2 aromatic rings.